The number of halogens is 1. The van der Waals surface area contributed by atoms with Gasteiger partial charge in [-0.05, 0) is 68.7 Å². The molecule has 2 aromatic rings. The van der Waals surface area contributed by atoms with Crippen LogP contribution in [0.2, 0.25) is 0 Å². The number of hydrogen-bond donors (Lipinski definition) is 4. The van der Waals surface area contributed by atoms with E-state index in [1.54, 1.807) is 69.6 Å². The highest BCUT2D eigenvalue weighted by Crippen LogP contribution is 2.45. The van der Waals surface area contributed by atoms with E-state index >= 15 is 4.39 Å². The normalized spacial score (nSPS) is 21.5. The number of amides is 2. The SMILES string of the molecule is BC(B)(Nc1cccc2c1C(B)(B)N(C(O)(CCC=O)C(=O)NC)C2=O)c1cc(C(B)(O)N2CC(C)(C)OC(C)(C)C2)ccc1F. The van der Waals surface area contributed by atoms with E-state index in [0.29, 0.717) is 41.8 Å². The van der Waals surface area contributed by atoms with E-state index in [-0.39, 0.29) is 18.4 Å². The molecular formula is C30H44B5FN4O6. The predicted octanol–water partition coefficient (Wildman–Crippen LogP) is -2.81. The lowest BCUT2D eigenvalue weighted by atomic mass is 9.55. The molecule has 2 heterocycles. The molecule has 4 N–H and O–H groups in total. The second-order valence-corrected chi connectivity index (χ2v) is 15.0. The zero-order chi connectivity index (χ0) is 34.7. The molecule has 16 heteroatoms. The number of fused-ring (bicyclic) bond motifs is 1. The molecule has 2 aliphatic rings. The van der Waals surface area contributed by atoms with Crippen LogP contribution >= 0.6 is 0 Å². The Balaban J connectivity index is 1.75. The van der Waals surface area contributed by atoms with Crippen molar-refractivity contribution in [2.45, 2.75) is 73.8 Å². The molecule has 242 valence electrons. The molecular weight excluding hydrogens is 585 g/mol. The van der Waals surface area contributed by atoms with E-state index in [1.807, 2.05) is 32.6 Å². The zero-order valence-electron chi connectivity index (χ0n) is 28.7. The number of benzene rings is 2. The lowest BCUT2D eigenvalue weighted by Crippen LogP contribution is -2.65. The molecule has 2 aliphatic heterocycles. The van der Waals surface area contributed by atoms with Gasteiger partial charge in [0, 0.05) is 54.9 Å². The first-order valence-electron chi connectivity index (χ1n) is 15.7. The summed E-state index contributed by atoms with van der Waals surface area (Å²) in [6.07, 6.45) is 0.158. The molecule has 2 aromatic carbocycles. The number of hydrogen-bond acceptors (Lipinski definition) is 8. The summed E-state index contributed by atoms with van der Waals surface area (Å²) in [5.41, 5.74) is -2.67. The molecule has 0 bridgehead atoms. The highest BCUT2D eigenvalue weighted by molar-refractivity contribution is 6.44. The summed E-state index contributed by atoms with van der Waals surface area (Å²) in [6.45, 7) is 8.83. The number of morpholine rings is 1. The van der Waals surface area contributed by atoms with E-state index in [0.717, 1.165) is 4.90 Å². The first kappa shape index (κ1) is 35.8. The van der Waals surface area contributed by atoms with Crippen LogP contribution in [0.15, 0.2) is 36.4 Å². The van der Waals surface area contributed by atoms with Crippen LogP contribution in [0.5, 0.6) is 0 Å². The summed E-state index contributed by atoms with van der Waals surface area (Å²) in [6, 6.07) is 9.65. The van der Waals surface area contributed by atoms with Crippen LogP contribution in [0.1, 0.15) is 67.6 Å². The maximum Gasteiger partial charge on any atom is 0.273 e. The molecule has 10 nitrogen and oxygen atoms in total. The highest BCUT2D eigenvalue weighted by atomic mass is 19.1. The van der Waals surface area contributed by atoms with Crippen LogP contribution in [0, 0.1) is 5.82 Å². The summed E-state index contributed by atoms with van der Waals surface area (Å²) in [5, 5.41) is 27.1. The maximum absolute atomic E-state index is 15.7. The lowest BCUT2D eigenvalue weighted by Gasteiger charge is -2.52. The van der Waals surface area contributed by atoms with E-state index in [1.165, 1.54) is 13.1 Å². The summed E-state index contributed by atoms with van der Waals surface area (Å²) in [5.74, 6) is -1.86. The van der Waals surface area contributed by atoms with Crippen molar-refractivity contribution < 1.29 is 33.7 Å². The second-order valence-electron chi connectivity index (χ2n) is 15.0. The van der Waals surface area contributed by atoms with E-state index in [9.17, 15) is 24.6 Å². The van der Waals surface area contributed by atoms with Crippen molar-refractivity contribution in [3.8, 4) is 0 Å². The van der Waals surface area contributed by atoms with Crippen LogP contribution in [-0.2, 0) is 30.6 Å². The van der Waals surface area contributed by atoms with Gasteiger partial charge in [-0.3, -0.25) is 14.5 Å². The van der Waals surface area contributed by atoms with E-state index in [2.05, 4.69) is 10.6 Å². The number of carbonyl (C=O) groups excluding carboxylic acids is 3. The van der Waals surface area contributed by atoms with Crippen LogP contribution in [-0.4, -0.2) is 114 Å². The highest BCUT2D eigenvalue weighted by Gasteiger charge is 2.56. The second kappa shape index (κ2) is 11.9. The fourth-order valence-corrected chi connectivity index (χ4v) is 7.38. The van der Waals surface area contributed by atoms with Crippen molar-refractivity contribution in [1.82, 2.24) is 15.1 Å². The molecule has 0 saturated carbocycles. The van der Waals surface area contributed by atoms with Crippen molar-refractivity contribution in [2.24, 2.45) is 0 Å². The smallest absolute Gasteiger partial charge is 0.273 e. The van der Waals surface area contributed by atoms with Gasteiger partial charge in [-0.25, -0.2) is 4.39 Å². The summed E-state index contributed by atoms with van der Waals surface area (Å²) >= 11 is 0. The van der Waals surface area contributed by atoms with Gasteiger partial charge in [-0.1, -0.05) is 12.1 Å². The quantitative estimate of drug-likeness (QED) is 0.164. The topological polar surface area (TPSA) is 131 Å². The maximum atomic E-state index is 15.7. The van der Waals surface area contributed by atoms with E-state index in [4.69, 9.17) is 4.74 Å². The standard InChI is InChI=1S/C30H44B5FN4O6/c1-25(2)15-39(16-26(3,4)46-25)30(35,45)17-10-11-20(36)19(14-17)28(31,32)38-21-9-6-8-18-22(21)29(33,34)40(23(18)42)27(44,12-7-13-41)24(43)37-5/h6,8-11,13-14,38,44-45H,7,12,15-16,31-35H2,1-5H3,(H,37,43). The van der Waals surface area contributed by atoms with Gasteiger partial charge < -0.3 is 35.3 Å². The Morgan fingerprint density at radius 2 is 1.70 bits per heavy atom. The van der Waals surface area contributed by atoms with Crippen LogP contribution in [0.25, 0.3) is 0 Å². The minimum absolute atomic E-state index is 0.142. The number of carbonyl (C=O) groups is 3. The molecule has 0 radical (unpaired) electrons. The van der Waals surface area contributed by atoms with Crippen molar-refractivity contribution in [2.75, 3.05) is 25.5 Å². The van der Waals surface area contributed by atoms with Gasteiger partial charge >= 0.3 is 0 Å². The molecule has 2 amide bonds. The number of nitrogens with zero attached hydrogens (tertiary/aromatic N) is 2. The van der Waals surface area contributed by atoms with Gasteiger partial charge in [0.05, 0.1) is 11.2 Å². The molecule has 0 spiro atoms. The van der Waals surface area contributed by atoms with Crippen molar-refractivity contribution in [3.05, 3.63) is 64.5 Å². The molecule has 46 heavy (non-hydrogen) atoms. The zero-order valence-corrected chi connectivity index (χ0v) is 28.7. The monoisotopic (exact) mass is 630 g/mol. The van der Waals surface area contributed by atoms with E-state index < -0.39 is 50.9 Å². The molecule has 0 aromatic heterocycles. The third-order valence-corrected chi connectivity index (χ3v) is 9.19. The largest absolute Gasteiger partial charge is 0.391 e. The van der Waals surface area contributed by atoms with Crippen molar-refractivity contribution >= 4 is 63.0 Å². The summed E-state index contributed by atoms with van der Waals surface area (Å²) < 4.78 is 21.9. The average molecular weight is 630 g/mol. The molecule has 2 atom stereocenters. The number of likely N-dealkylation sites (N-methyl/N-ethyl adjacent to an activating group) is 1. The third kappa shape index (κ3) is 6.29. The summed E-state index contributed by atoms with van der Waals surface area (Å²) in [4.78, 5) is 41.1. The molecule has 0 aliphatic carbocycles. The van der Waals surface area contributed by atoms with Gasteiger partial charge in [0.15, 0.2) is 7.85 Å². The fraction of sp³-hybridized carbons (Fsp3) is 0.500. The Morgan fingerprint density at radius 3 is 2.26 bits per heavy atom. The first-order valence-corrected chi connectivity index (χ1v) is 15.7. The van der Waals surface area contributed by atoms with Gasteiger partial charge in [0.1, 0.15) is 49.1 Å². The van der Waals surface area contributed by atoms with Crippen molar-refractivity contribution in [3.63, 3.8) is 0 Å². The van der Waals surface area contributed by atoms with Gasteiger partial charge in [-0.15, -0.1) is 0 Å². The van der Waals surface area contributed by atoms with Gasteiger partial charge in [-0.2, -0.15) is 0 Å². The number of rotatable bonds is 10. The van der Waals surface area contributed by atoms with Gasteiger partial charge in [0.25, 0.3) is 11.8 Å². The van der Waals surface area contributed by atoms with Crippen LogP contribution in [0.4, 0.5) is 10.1 Å². The Labute approximate surface area is 275 Å². The lowest BCUT2D eigenvalue weighted by molar-refractivity contribution is -0.218. The Kier molecular flexibility index (Phi) is 9.24. The molecule has 1 saturated heterocycles. The summed E-state index contributed by atoms with van der Waals surface area (Å²) in [7, 11) is 10.1. The Bertz CT molecular complexity index is 1540. The van der Waals surface area contributed by atoms with Gasteiger partial charge in [0.2, 0.25) is 5.72 Å². The number of ether oxygens (including phenoxy) is 1. The number of anilines is 1. The molecule has 2 unspecified atom stereocenters. The van der Waals surface area contributed by atoms with Crippen molar-refractivity contribution in [1.29, 1.82) is 0 Å². The Morgan fingerprint density at radius 1 is 1.09 bits per heavy atom. The number of aliphatic hydroxyl groups is 2. The number of nitrogens with one attached hydrogen (secondary N) is 2. The minimum atomic E-state index is -2.29. The molecule has 1 fully saturated rings. The fourth-order valence-electron chi connectivity index (χ4n) is 7.38. The predicted molar refractivity (Wildman–Crippen MR) is 188 cm³/mol. The Hall–Kier alpha value is -3.06. The van der Waals surface area contributed by atoms with Crippen LogP contribution < -0.4 is 10.6 Å². The first-order chi connectivity index (χ1) is 21.0. The van der Waals surface area contributed by atoms with Crippen LogP contribution in [0.3, 0.4) is 0 Å². The number of aldehydes is 1. The molecule has 4 rings (SSSR count). The third-order valence-electron chi connectivity index (χ3n) is 9.19. The minimum Gasteiger partial charge on any atom is -0.391 e. The average Bonchev–Trinajstić information content (AvgIpc) is 3.14.